The van der Waals surface area contributed by atoms with Crippen LogP contribution in [0.3, 0.4) is 0 Å². The highest BCUT2D eigenvalue weighted by Crippen LogP contribution is 2.41. The average Bonchev–Trinajstić information content (AvgIpc) is 3.18. The van der Waals surface area contributed by atoms with Gasteiger partial charge in [0, 0.05) is 12.1 Å². The third kappa shape index (κ3) is 5.41. The highest BCUT2D eigenvalue weighted by atomic mass is 35.5. The number of para-hydroxylation sites is 2. The standard InChI is InChI=1S/C20H13Cl3N6O5S/c21-12-7-10(29(30)31)5-6-17(12)34-18-13(22)8-11(9-14(18)23)35(32,33)28-19(24)27-20-25-15-3-1-2-4-16(15)26-20/h1-9H,(H4,24,25,26,27,28). The van der Waals surface area contributed by atoms with E-state index in [1.54, 1.807) is 24.3 Å². The Hall–Kier alpha value is -3.58. The number of nitrogens with one attached hydrogen (secondary N) is 4. The molecular formula is C20H13Cl3N6O5S. The molecule has 0 bridgehead atoms. The van der Waals surface area contributed by atoms with Crippen LogP contribution in [0.2, 0.25) is 15.1 Å². The predicted octanol–water partition coefficient (Wildman–Crippen LogP) is 5.55. The lowest BCUT2D eigenvalue weighted by Crippen LogP contribution is -2.35. The van der Waals surface area contributed by atoms with E-state index in [4.69, 9.17) is 44.9 Å². The van der Waals surface area contributed by atoms with Gasteiger partial charge in [0.15, 0.2) is 5.75 Å². The number of hydrogen-bond donors (Lipinski definition) is 4. The second kappa shape index (κ2) is 9.58. The minimum absolute atomic E-state index is 0.0200. The van der Waals surface area contributed by atoms with Gasteiger partial charge in [-0.15, -0.1) is 0 Å². The number of halogens is 3. The Bertz CT molecular complexity index is 1540. The molecule has 4 rings (SSSR count). The number of nitrogens with zero attached hydrogens (tertiary/aromatic N) is 2. The largest absolute Gasteiger partial charge is 0.453 e. The van der Waals surface area contributed by atoms with Crippen molar-refractivity contribution >= 4 is 73.5 Å². The number of nitro groups is 1. The zero-order chi connectivity index (χ0) is 25.3. The van der Waals surface area contributed by atoms with Crippen molar-refractivity contribution in [3.63, 3.8) is 0 Å². The normalized spacial score (nSPS) is 11.3. The number of aromatic nitrogens is 2. The van der Waals surface area contributed by atoms with E-state index in [0.717, 1.165) is 18.2 Å². The van der Waals surface area contributed by atoms with Crippen molar-refractivity contribution in [2.24, 2.45) is 0 Å². The van der Waals surface area contributed by atoms with Gasteiger partial charge in [-0.3, -0.25) is 20.8 Å². The van der Waals surface area contributed by atoms with Gasteiger partial charge in [-0.05, 0) is 30.3 Å². The fourth-order valence-corrected chi connectivity index (χ4v) is 4.83. The molecule has 15 heteroatoms. The molecule has 1 aromatic heterocycles. The Morgan fingerprint density at radius 2 is 1.74 bits per heavy atom. The van der Waals surface area contributed by atoms with E-state index < -0.39 is 20.9 Å². The summed E-state index contributed by atoms with van der Waals surface area (Å²) in [6.07, 6.45) is 0. The number of H-pyrrole nitrogens is 1. The molecule has 0 saturated carbocycles. The molecule has 11 nitrogen and oxygen atoms in total. The molecule has 4 aromatic rings. The van der Waals surface area contributed by atoms with E-state index in [0.29, 0.717) is 11.0 Å². The van der Waals surface area contributed by atoms with Crippen LogP contribution in [0, 0.1) is 15.5 Å². The van der Waals surface area contributed by atoms with Crippen molar-refractivity contribution in [3.8, 4) is 11.5 Å². The molecule has 1 heterocycles. The third-order valence-electron chi connectivity index (χ3n) is 4.49. The van der Waals surface area contributed by atoms with E-state index in [-0.39, 0.29) is 43.1 Å². The predicted molar refractivity (Wildman–Crippen MR) is 132 cm³/mol. The maximum Gasteiger partial charge on any atom is 0.271 e. The summed E-state index contributed by atoms with van der Waals surface area (Å²) in [4.78, 5) is 17.0. The molecule has 0 atom stereocenters. The Balaban J connectivity index is 1.52. The SMILES string of the molecule is N=C(Nc1nc2ccccc2[nH]1)NS(=O)(=O)c1cc(Cl)c(Oc2ccc([N+](=O)[O-])cc2Cl)c(Cl)c1. The maximum atomic E-state index is 12.8. The van der Waals surface area contributed by atoms with Gasteiger partial charge in [-0.25, -0.2) is 18.1 Å². The number of imidazole rings is 1. The number of fused-ring (bicyclic) bond motifs is 1. The Morgan fingerprint density at radius 3 is 2.37 bits per heavy atom. The van der Waals surface area contributed by atoms with Crippen molar-refractivity contribution in [2.45, 2.75) is 4.90 Å². The van der Waals surface area contributed by atoms with Crippen molar-refractivity contribution in [1.29, 1.82) is 5.41 Å². The van der Waals surface area contributed by atoms with E-state index in [1.807, 2.05) is 0 Å². The number of rotatable bonds is 6. The molecule has 0 radical (unpaired) electrons. The molecule has 0 spiro atoms. The molecule has 0 aliphatic rings. The Morgan fingerprint density at radius 1 is 1.06 bits per heavy atom. The number of ether oxygens (including phenoxy) is 1. The number of aromatic amines is 1. The van der Waals surface area contributed by atoms with Crippen LogP contribution < -0.4 is 14.8 Å². The number of anilines is 1. The maximum absolute atomic E-state index is 12.8. The van der Waals surface area contributed by atoms with Crippen molar-refractivity contribution in [3.05, 3.63) is 79.8 Å². The highest BCUT2D eigenvalue weighted by Gasteiger charge is 2.22. The van der Waals surface area contributed by atoms with Crippen LogP contribution in [0.4, 0.5) is 11.6 Å². The van der Waals surface area contributed by atoms with Gasteiger partial charge in [0.1, 0.15) is 5.75 Å². The van der Waals surface area contributed by atoms with Crippen LogP contribution in [-0.2, 0) is 10.0 Å². The summed E-state index contributed by atoms with van der Waals surface area (Å²) < 4.78 is 33.2. The molecule has 0 unspecified atom stereocenters. The molecule has 35 heavy (non-hydrogen) atoms. The Kier molecular flexibility index (Phi) is 6.72. The van der Waals surface area contributed by atoms with Crippen LogP contribution >= 0.6 is 34.8 Å². The lowest BCUT2D eigenvalue weighted by atomic mass is 10.3. The quantitative estimate of drug-likeness (QED) is 0.105. The van der Waals surface area contributed by atoms with Gasteiger partial charge in [0.2, 0.25) is 11.9 Å². The first-order valence-electron chi connectivity index (χ1n) is 9.47. The average molecular weight is 556 g/mol. The molecule has 0 amide bonds. The summed E-state index contributed by atoms with van der Waals surface area (Å²) in [5.41, 5.74) is 1.09. The van der Waals surface area contributed by atoms with Crippen molar-refractivity contribution in [1.82, 2.24) is 14.7 Å². The fraction of sp³-hybridized carbons (Fsp3) is 0. The number of guanidine groups is 1. The summed E-state index contributed by atoms with van der Waals surface area (Å²) in [6, 6.07) is 12.8. The van der Waals surface area contributed by atoms with E-state index in [9.17, 15) is 18.5 Å². The topological polar surface area (TPSA) is 163 Å². The molecule has 180 valence electrons. The summed E-state index contributed by atoms with van der Waals surface area (Å²) in [5, 5.41) is 20.9. The van der Waals surface area contributed by atoms with Crippen LogP contribution in [0.25, 0.3) is 11.0 Å². The highest BCUT2D eigenvalue weighted by molar-refractivity contribution is 7.90. The third-order valence-corrected chi connectivity index (χ3v) is 6.68. The zero-order valence-electron chi connectivity index (χ0n) is 17.2. The first-order chi connectivity index (χ1) is 16.5. The molecule has 0 saturated heterocycles. The number of sulfonamides is 1. The van der Waals surface area contributed by atoms with Gasteiger partial charge >= 0.3 is 0 Å². The van der Waals surface area contributed by atoms with Gasteiger partial charge in [0.25, 0.3) is 15.7 Å². The van der Waals surface area contributed by atoms with E-state index >= 15 is 0 Å². The number of benzene rings is 3. The second-order valence-electron chi connectivity index (χ2n) is 6.90. The van der Waals surface area contributed by atoms with Gasteiger partial charge in [-0.1, -0.05) is 46.9 Å². The first kappa shape index (κ1) is 24.5. The number of nitro benzene ring substituents is 1. The molecule has 0 fully saturated rings. The van der Waals surface area contributed by atoms with E-state index in [2.05, 4.69) is 20.0 Å². The van der Waals surface area contributed by atoms with E-state index in [1.165, 1.54) is 12.1 Å². The molecule has 0 aliphatic heterocycles. The second-order valence-corrected chi connectivity index (χ2v) is 9.80. The summed E-state index contributed by atoms with van der Waals surface area (Å²) in [6.45, 7) is 0. The first-order valence-corrected chi connectivity index (χ1v) is 12.1. The van der Waals surface area contributed by atoms with Crippen LogP contribution in [0.5, 0.6) is 11.5 Å². The minimum atomic E-state index is -4.27. The number of hydrogen-bond acceptors (Lipinski definition) is 7. The van der Waals surface area contributed by atoms with Crippen molar-refractivity contribution < 1.29 is 18.1 Å². The number of non-ortho nitro benzene ring substituents is 1. The zero-order valence-corrected chi connectivity index (χ0v) is 20.3. The van der Waals surface area contributed by atoms with Gasteiger partial charge in [0.05, 0.1) is 35.9 Å². The van der Waals surface area contributed by atoms with Crippen LogP contribution in [-0.4, -0.2) is 29.3 Å². The molecule has 3 aromatic carbocycles. The van der Waals surface area contributed by atoms with Gasteiger partial charge < -0.3 is 9.72 Å². The molecule has 0 aliphatic carbocycles. The molecular weight excluding hydrogens is 543 g/mol. The molecule has 4 N–H and O–H groups in total. The lowest BCUT2D eigenvalue weighted by molar-refractivity contribution is -0.384. The van der Waals surface area contributed by atoms with Crippen LogP contribution in [0.1, 0.15) is 0 Å². The van der Waals surface area contributed by atoms with Crippen molar-refractivity contribution in [2.75, 3.05) is 5.32 Å². The summed E-state index contributed by atoms with van der Waals surface area (Å²) in [5.74, 6) is -0.502. The monoisotopic (exact) mass is 554 g/mol. The fourth-order valence-electron chi connectivity index (χ4n) is 2.93. The summed E-state index contributed by atoms with van der Waals surface area (Å²) >= 11 is 18.4. The van der Waals surface area contributed by atoms with Crippen LogP contribution in [0.15, 0.2) is 59.5 Å². The lowest BCUT2D eigenvalue weighted by Gasteiger charge is -2.14. The Labute approximate surface area is 212 Å². The minimum Gasteiger partial charge on any atom is -0.453 e. The summed E-state index contributed by atoms with van der Waals surface area (Å²) in [7, 11) is -4.27. The smallest absolute Gasteiger partial charge is 0.271 e. The van der Waals surface area contributed by atoms with Gasteiger partial charge in [-0.2, -0.15) is 0 Å².